The third kappa shape index (κ3) is 3.80. The molecule has 16 heavy (non-hydrogen) atoms. The third-order valence-electron chi connectivity index (χ3n) is 1.86. The van der Waals surface area contributed by atoms with Gasteiger partial charge in [0.15, 0.2) is 0 Å². The normalized spacial score (nSPS) is 9.19. The highest BCUT2D eigenvalue weighted by atomic mass is 16.1. The van der Waals surface area contributed by atoms with E-state index in [9.17, 15) is 9.59 Å². The standard InChI is InChI=1S/C11H11N3O2/c12-6-5-11(16)14-9-3-1-8(2-4-9)7-10(13)15/h1-4H,5,7H2,(H2,13,15)(H,14,16). The molecule has 5 heteroatoms. The van der Waals surface area contributed by atoms with Crippen LogP contribution >= 0.6 is 0 Å². The molecule has 0 unspecified atom stereocenters. The van der Waals surface area contributed by atoms with Gasteiger partial charge < -0.3 is 11.1 Å². The molecule has 5 nitrogen and oxygen atoms in total. The van der Waals surface area contributed by atoms with Crippen LogP contribution in [0.25, 0.3) is 0 Å². The van der Waals surface area contributed by atoms with Crippen LogP contribution in [0.5, 0.6) is 0 Å². The monoisotopic (exact) mass is 217 g/mol. The van der Waals surface area contributed by atoms with Crippen molar-refractivity contribution in [2.45, 2.75) is 12.8 Å². The molecule has 0 aliphatic heterocycles. The number of primary amides is 1. The van der Waals surface area contributed by atoms with Gasteiger partial charge in [0.2, 0.25) is 11.8 Å². The van der Waals surface area contributed by atoms with Crippen LogP contribution in [0.15, 0.2) is 24.3 Å². The summed E-state index contributed by atoms with van der Waals surface area (Å²) >= 11 is 0. The molecule has 1 aromatic carbocycles. The maximum atomic E-state index is 11.1. The Morgan fingerprint density at radius 2 is 1.94 bits per heavy atom. The van der Waals surface area contributed by atoms with Crippen molar-refractivity contribution in [2.24, 2.45) is 5.73 Å². The van der Waals surface area contributed by atoms with Gasteiger partial charge in [0.1, 0.15) is 6.42 Å². The summed E-state index contributed by atoms with van der Waals surface area (Å²) in [4.78, 5) is 21.7. The zero-order valence-corrected chi connectivity index (χ0v) is 8.56. The number of benzene rings is 1. The minimum atomic E-state index is -0.402. The first-order valence-electron chi connectivity index (χ1n) is 4.66. The predicted octanol–water partition coefficient (Wildman–Crippen LogP) is 0.567. The van der Waals surface area contributed by atoms with Crippen molar-refractivity contribution in [1.29, 1.82) is 5.26 Å². The highest BCUT2D eigenvalue weighted by Gasteiger charge is 2.02. The highest BCUT2D eigenvalue weighted by Crippen LogP contribution is 2.10. The van der Waals surface area contributed by atoms with E-state index < -0.39 is 5.91 Å². The summed E-state index contributed by atoms with van der Waals surface area (Å²) in [5, 5.41) is 10.8. The topological polar surface area (TPSA) is 96.0 Å². The number of amides is 2. The molecule has 3 N–H and O–H groups in total. The average molecular weight is 217 g/mol. The molecule has 0 fully saturated rings. The van der Waals surface area contributed by atoms with Crippen LogP contribution in [0, 0.1) is 11.3 Å². The van der Waals surface area contributed by atoms with Crippen LogP contribution in [-0.4, -0.2) is 11.8 Å². The van der Waals surface area contributed by atoms with Crippen molar-refractivity contribution < 1.29 is 9.59 Å². The second-order valence-corrected chi connectivity index (χ2v) is 3.22. The lowest BCUT2D eigenvalue weighted by atomic mass is 10.1. The number of hydrogen-bond donors (Lipinski definition) is 2. The van der Waals surface area contributed by atoms with Gasteiger partial charge in [-0.2, -0.15) is 5.26 Å². The van der Waals surface area contributed by atoms with E-state index in [1.165, 1.54) is 0 Å². The molecule has 82 valence electrons. The SMILES string of the molecule is N#CCC(=O)Nc1ccc(CC(N)=O)cc1. The summed E-state index contributed by atoms with van der Waals surface area (Å²) in [6.45, 7) is 0. The number of anilines is 1. The molecule has 0 atom stereocenters. The van der Waals surface area contributed by atoms with Gasteiger partial charge in [-0.05, 0) is 17.7 Å². The minimum Gasteiger partial charge on any atom is -0.369 e. The number of nitrogens with two attached hydrogens (primary N) is 1. The van der Waals surface area contributed by atoms with Crippen LogP contribution < -0.4 is 11.1 Å². The van der Waals surface area contributed by atoms with Gasteiger partial charge in [-0.1, -0.05) is 12.1 Å². The summed E-state index contributed by atoms with van der Waals surface area (Å²) in [5.74, 6) is -0.758. The van der Waals surface area contributed by atoms with E-state index in [2.05, 4.69) is 5.32 Å². The Balaban J connectivity index is 2.61. The summed E-state index contributed by atoms with van der Waals surface area (Å²) in [6, 6.07) is 8.47. The maximum Gasteiger partial charge on any atom is 0.238 e. The Bertz CT molecular complexity index is 432. The van der Waals surface area contributed by atoms with E-state index in [-0.39, 0.29) is 18.7 Å². The Labute approximate surface area is 92.9 Å². The molecule has 0 aliphatic carbocycles. The number of rotatable bonds is 4. The largest absolute Gasteiger partial charge is 0.369 e. The third-order valence-corrected chi connectivity index (χ3v) is 1.86. The lowest BCUT2D eigenvalue weighted by Gasteiger charge is -2.03. The van der Waals surface area contributed by atoms with Crippen molar-refractivity contribution in [1.82, 2.24) is 0 Å². The Morgan fingerprint density at radius 3 is 2.44 bits per heavy atom. The van der Waals surface area contributed by atoms with Gasteiger partial charge in [-0.25, -0.2) is 0 Å². The lowest BCUT2D eigenvalue weighted by molar-refractivity contribution is -0.117. The van der Waals surface area contributed by atoms with Crippen molar-refractivity contribution in [3.05, 3.63) is 29.8 Å². The van der Waals surface area contributed by atoms with E-state index in [0.29, 0.717) is 5.69 Å². The molecule has 2 amide bonds. The van der Waals surface area contributed by atoms with E-state index in [4.69, 9.17) is 11.0 Å². The molecule has 1 rings (SSSR count). The fraction of sp³-hybridized carbons (Fsp3) is 0.182. The smallest absolute Gasteiger partial charge is 0.238 e. The van der Waals surface area contributed by atoms with Crippen LogP contribution in [0.1, 0.15) is 12.0 Å². The van der Waals surface area contributed by atoms with E-state index in [0.717, 1.165) is 5.56 Å². The fourth-order valence-corrected chi connectivity index (χ4v) is 1.18. The number of nitrogens with zero attached hydrogens (tertiary/aromatic N) is 1. The van der Waals surface area contributed by atoms with Crippen LogP contribution in [0.4, 0.5) is 5.69 Å². The van der Waals surface area contributed by atoms with Gasteiger partial charge in [0.05, 0.1) is 12.5 Å². The molecule has 0 heterocycles. The number of hydrogen-bond acceptors (Lipinski definition) is 3. The molecule has 0 bridgehead atoms. The summed E-state index contributed by atoms with van der Waals surface area (Å²) < 4.78 is 0. The van der Waals surface area contributed by atoms with Gasteiger partial charge >= 0.3 is 0 Å². The van der Waals surface area contributed by atoms with Crippen LogP contribution in [0.2, 0.25) is 0 Å². The van der Waals surface area contributed by atoms with Crippen molar-refractivity contribution >= 4 is 17.5 Å². The van der Waals surface area contributed by atoms with Gasteiger partial charge in [0, 0.05) is 5.69 Å². The summed E-state index contributed by atoms with van der Waals surface area (Å²) in [5.41, 5.74) is 6.41. The number of carbonyl (C=O) groups is 2. The lowest BCUT2D eigenvalue weighted by Crippen LogP contribution is -2.14. The zero-order chi connectivity index (χ0) is 12.0. The molecule has 1 aromatic rings. The Morgan fingerprint density at radius 1 is 1.31 bits per heavy atom. The molecule has 0 saturated carbocycles. The van der Waals surface area contributed by atoms with E-state index in [1.54, 1.807) is 30.3 Å². The van der Waals surface area contributed by atoms with Crippen molar-refractivity contribution in [3.63, 3.8) is 0 Å². The predicted molar refractivity (Wildman–Crippen MR) is 58.2 cm³/mol. The summed E-state index contributed by atoms with van der Waals surface area (Å²) in [6.07, 6.45) is -0.00450. The molecule has 0 aliphatic rings. The van der Waals surface area contributed by atoms with Gasteiger partial charge in [-0.3, -0.25) is 9.59 Å². The minimum absolute atomic E-state index is 0.173. The quantitative estimate of drug-likeness (QED) is 0.771. The molecule has 0 radical (unpaired) electrons. The first-order valence-corrected chi connectivity index (χ1v) is 4.66. The van der Waals surface area contributed by atoms with Gasteiger partial charge in [0.25, 0.3) is 0 Å². The second kappa shape index (κ2) is 5.51. The molecular formula is C11H11N3O2. The molecular weight excluding hydrogens is 206 g/mol. The van der Waals surface area contributed by atoms with Crippen molar-refractivity contribution in [2.75, 3.05) is 5.32 Å². The van der Waals surface area contributed by atoms with E-state index >= 15 is 0 Å². The summed E-state index contributed by atoms with van der Waals surface area (Å²) in [7, 11) is 0. The van der Waals surface area contributed by atoms with Crippen LogP contribution in [0.3, 0.4) is 0 Å². The first-order chi connectivity index (χ1) is 7.61. The number of nitrogens with one attached hydrogen (secondary N) is 1. The van der Waals surface area contributed by atoms with Crippen LogP contribution in [-0.2, 0) is 16.0 Å². The van der Waals surface area contributed by atoms with Crippen molar-refractivity contribution in [3.8, 4) is 6.07 Å². The molecule has 0 spiro atoms. The van der Waals surface area contributed by atoms with Gasteiger partial charge in [-0.15, -0.1) is 0 Å². The zero-order valence-electron chi connectivity index (χ0n) is 8.56. The Kier molecular flexibility index (Phi) is 4.04. The average Bonchev–Trinajstić information content (AvgIpc) is 2.20. The molecule has 0 aromatic heterocycles. The Hall–Kier alpha value is -2.35. The molecule has 0 saturated heterocycles. The highest BCUT2D eigenvalue weighted by molar-refractivity contribution is 5.92. The second-order valence-electron chi connectivity index (χ2n) is 3.22. The fourth-order valence-electron chi connectivity index (χ4n) is 1.18. The first kappa shape index (κ1) is 11.7. The van der Waals surface area contributed by atoms with E-state index in [1.807, 2.05) is 0 Å². The maximum absolute atomic E-state index is 11.1. The number of carbonyl (C=O) groups excluding carboxylic acids is 2. The number of nitriles is 1.